The lowest BCUT2D eigenvalue weighted by atomic mass is 10.1. The van der Waals surface area contributed by atoms with E-state index in [4.69, 9.17) is 0 Å². The molecule has 0 spiro atoms. The number of amides is 1. The molecular formula is C14H29N2O+. The molecule has 0 radical (unpaired) electrons. The van der Waals surface area contributed by atoms with Crippen LogP contribution < -0.4 is 5.32 Å². The van der Waals surface area contributed by atoms with Crippen LogP contribution in [0.5, 0.6) is 0 Å². The van der Waals surface area contributed by atoms with Crippen molar-refractivity contribution in [2.45, 2.75) is 64.5 Å². The largest absolute Gasteiger partial charge is 0.348 e. The predicted molar refractivity (Wildman–Crippen MR) is 71.7 cm³/mol. The van der Waals surface area contributed by atoms with E-state index in [2.05, 4.69) is 33.3 Å². The zero-order chi connectivity index (χ0) is 12.9. The SMILES string of the molecule is CCC(CC)NC(=O)C[N+](C)(C)C1CCCC1. The minimum Gasteiger partial charge on any atom is -0.348 e. The van der Waals surface area contributed by atoms with Crippen LogP contribution in [0.2, 0.25) is 0 Å². The first-order valence-electron chi connectivity index (χ1n) is 7.11. The maximum Gasteiger partial charge on any atom is 0.275 e. The third kappa shape index (κ3) is 4.30. The molecule has 0 bridgehead atoms. The Morgan fingerprint density at radius 2 is 1.76 bits per heavy atom. The van der Waals surface area contributed by atoms with Gasteiger partial charge in [-0.1, -0.05) is 13.8 Å². The number of hydrogen-bond acceptors (Lipinski definition) is 1. The van der Waals surface area contributed by atoms with Gasteiger partial charge in [0.25, 0.3) is 5.91 Å². The molecule has 1 rings (SSSR count). The molecule has 0 aromatic heterocycles. The Hall–Kier alpha value is -0.570. The Morgan fingerprint density at radius 3 is 2.24 bits per heavy atom. The molecule has 3 heteroatoms. The number of carbonyl (C=O) groups is 1. The monoisotopic (exact) mass is 241 g/mol. The van der Waals surface area contributed by atoms with Crippen LogP contribution in [0.3, 0.4) is 0 Å². The van der Waals surface area contributed by atoms with Crippen LogP contribution in [-0.4, -0.2) is 43.1 Å². The van der Waals surface area contributed by atoms with E-state index < -0.39 is 0 Å². The van der Waals surface area contributed by atoms with Gasteiger partial charge < -0.3 is 9.80 Å². The molecule has 0 aromatic carbocycles. The number of nitrogens with zero attached hydrogens (tertiary/aromatic N) is 1. The van der Waals surface area contributed by atoms with E-state index in [-0.39, 0.29) is 5.91 Å². The second-order valence-corrected chi connectivity index (χ2v) is 5.96. The Bertz CT molecular complexity index is 241. The van der Waals surface area contributed by atoms with E-state index in [0.29, 0.717) is 18.6 Å². The van der Waals surface area contributed by atoms with Gasteiger partial charge in [-0.25, -0.2) is 0 Å². The van der Waals surface area contributed by atoms with Gasteiger partial charge >= 0.3 is 0 Å². The van der Waals surface area contributed by atoms with Crippen molar-refractivity contribution in [2.24, 2.45) is 0 Å². The lowest BCUT2D eigenvalue weighted by Crippen LogP contribution is -2.54. The molecule has 1 saturated carbocycles. The Kier molecular flexibility index (Phi) is 5.44. The van der Waals surface area contributed by atoms with Crippen LogP contribution in [-0.2, 0) is 4.79 Å². The summed E-state index contributed by atoms with van der Waals surface area (Å²) in [6, 6.07) is 1.04. The van der Waals surface area contributed by atoms with Crippen LogP contribution >= 0.6 is 0 Å². The van der Waals surface area contributed by atoms with Crippen molar-refractivity contribution >= 4 is 5.91 Å². The Balaban J connectivity index is 2.43. The standard InChI is InChI=1S/C14H28N2O/c1-5-12(6-2)15-14(17)11-16(3,4)13-9-7-8-10-13/h12-13H,5-11H2,1-4H3/p+1. The topological polar surface area (TPSA) is 29.1 Å². The lowest BCUT2D eigenvalue weighted by molar-refractivity contribution is -0.906. The van der Waals surface area contributed by atoms with Gasteiger partial charge in [-0.2, -0.15) is 0 Å². The van der Waals surface area contributed by atoms with Crippen molar-refractivity contribution in [2.75, 3.05) is 20.6 Å². The van der Waals surface area contributed by atoms with Crippen molar-refractivity contribution in [3.05, 3.63) is 0 Å². The second-order valence-electron chi connectivity index (χ2n) is 5.96. The molecule has 1 fully saturated rings. The summed E-state index contributed by atoms with van der Waals surface area (Å²) >= 11 is 0. The molecule has 1 aliphatic carbocycles. The number of quaternary nitrogens is 1. The molecule has 1 aliphatic rings. The third-order valence-electron chi connectivity index (χ3n) is 4.22. The second kappa shape index (κ2) is 6.39. The number of nitrogens with one attached hydrogen (secondary N) is 1. The number of likely N-dealkylation sites (N-methyl/N-ethyl adjacent to an activating group) is 1. The fraction of sp³-hybridized carbons (Fsp3) is 0.929. The summed E-state index contributed by atoms with van der Waals surface area (Å²) in [5.74, 6) is 0.218. The molecule has 0 aliphatic heterocycles. The molecule has 0 unspecified atom stereocenters. The lowest BCUT2D eigenvalue weighted by Gasteiger charge is -2.35. The molecule has 3 nitrogen and oxygen atoms in total. The zero-order valence-corrected chi connectivity index (χ0v) is 12.0. The highest BCUT2D eigenvalue weighted by molar-refractivity contribution is 5.77. The maximum atomic E-state index is 12.0. The zero-order valence-electron chi connectivity index (χ0n) is 12.0. The van der Waals surface area contributed by atoms with Gasteiger partial charge in [-0.3, -0.25) is 4.79 Å². The molecule has 1 N–H and O–H groups in total. The minimum atomic E-state index is 0.218. The van der Waals surface area contributed by atoms with E-state index in [0.717, 1.165) is 17.3 Å². The van der Waals surface area contributed by atoms with Gasteiger partial charge in [0.15, 0.2) is 6.54 Å². The highest BCUT2D eigenvalue weighted by atomic mass is 16.2. The van der Waals surface area contributed by atoms with Crippen molar-refractivity contribution in [3.8, 4) is 0 Å². The maximum absolute atomic E-state index is 12.0. The molecule has 0 atom stereocenters. The molecule has 17 heavy (non-hydrogen) atoms. The predicted octanol–water partition coefficient (Wildman–Crippen LogP) is 2.31. The molecule has 1 amide bonds. The molecule has 0 saturated heterocycles. The van der Waals surface area contributed by atoms with Gasteiger partial charge in [0.2, 0.25) is 0 Å². The van der Waals surface area contributed by atoms with Crippen LogP contribution in [0.25, 0.3) is 0 Å². The quantitative estimate of drug-likeness (QED) is 0.710. The summed E-state index contributed by atoms with van der Waals surface area (Å²) in [7, 11) is 4.39. The summed E-state index contributed by atoms with van der Waals surface area (Å²) in [5, 5.41) is 3.14. The number of rotatable bonds is 6. The number of hydrogen-bond donors (Lipinski definition) is 1. The van der Waals surface area contributed by atoms with E-state index in [9.17, 15) is 4.79 Å². The van der Waals surface area contributed by atoms with Crippen molar-refractivity contribution in [1.82, 2.24) is 5.32 Å². The van der Waals surface area contributed by atoms with Crippen LogP contribution in [0.1, 0.15) is 52.4 Å². The van der Waals surface area contributed by atoms with Crippen LogP contribution in [0, 0.1) is 0 Å². The first-order chi connectivity index (χ1) is 7.99. The van der Waals surface area contributed by atoms with Gasteiger partial charge in [0.1, 0.15) is 0 Å². The third-order valence-corrected chi connectivity index (χ3v) is 4.22. The average molecular weight is 241 g/mol. The molecule has 100 valence electrons. The summed E-state index contributed by atoms with van der Waals surface area (Å²) in [5.41, 5.74) is 0. The van der Waals surface area contributed by atoms with Crippen molar-refractivity contribution < 1.29 is 9.28 Å². The van der Waals surface area contributed by atoms with Crippen LogP contribution in [0.4, 0.5) is 0 Å². The molecule has 0 heterocycles. The van der Waals surface area contributed by atoms with E-state index in [1.54, 1.807) is 0 Å². The van der Waals surface area contributed by atoms with Gasteiger partial charge in [-0.15, -0.1) is 0 Å². The fourth-order valence-electron chi connectivity index (χ4n) is 2.87. The minimum absolute atomic E-state index is 0.218. The Labute approximate surface area is 106 Å². The first kappa shape index (κ1) is 14.5. The smallest absolute Gasteiger partial charge is 0.275 e. The van der Waals surface area contributed by atoms with Gasteiger partial charge in [-0.05, 0) is 38.5 Å². The van der Waals surface area contributed by atoms with Crippen molar-refractivity contribution in [3.63, 3.8) is 0 Å². The van der Waals surface area contributed by atoms with E-state index in [1.807, 2.05) is 0 Å². The average Bonchev–Trinajstić information content (AvgIpc) is 2.79. The number of carbonyl (C=O) groups excluding carboxylic acids is 1. The van der Waals surface area contributed by atoms with E-state index >= 15 is 0 Å². The summed E-state index contributed by atoms with van der Waals surface area (Å²) in [6.45, 7) is 4.89. The van der Waals surface area contributed by atoms with Gasteiger partial charge in [0, 0.05) is 6.04 Å². The highest BCUT2D eigenvalue weighted by Crippen LogP contribution is 2.26. The summed E-state index contributed by atoms with van der Waals surface area (Å²) in [6.07, 6.45) is 7.29. The summed E-state index contributed by atoms with van der Waals surface area (Å²) < 4.78 is 0.853. The normalized spacial score (nSPS) is 17.7. The first-order valence-corrected chi connectivity index (χ1v) is 7.11. The van der Waals surface area contributed by atoms with Crippen molar-refractivity contribution in [1.29, 1.82) is 0 Å². The molecule has 0 aromatic rings. The summed E-state index contributed by atoms with van der Waals surface area (Å²) in [4.78, 5) is 12.0. The molecular weight excluding hydrogens is 212 g/mol. The van der Waals surface area contributed by atoms with Crippen LogP contribution in [0.15, 0.2) is 0 Å². The van der Waals surface area contributed by atoms with E-state index in [1.165, 1.54) is 25.7 Å². The fourth-order valence-corrected chi connectivity index (χ4v) is 2.87. The highest BCUT2D eigenvalue weighted by Gasteiger charge is 2.33. The van der Waals surface area contributed by atoms with Gasteiger partial charge in [0.05, 0.1) is 20.1 Å². The Morgan fingerprint density at radius 1 is 1.24 bits per heavy atom.